The highest BCUT2D eigenvalue weighted by Gasteiger charge is 2.37. The molecule has 0 aromatic carbocycles. The van der Waals surface area contributed by atoms with Gasteiger partial charge in [-0.05, 0) is 42.9 Å². The molecule has 0 aliphatic heterocycles. The van der Waals surface area contributed by atoms with Gasteiger partial charge in [-0.25, -0.2) is 0 Å². The number of rotatable bonds is 3. The van der Waals surface area contributed by atoms with Crippen LogP contribution < -0.4 is 0 Å². The molecule has 90 valence electrons. The lowest BCUT2D eigenvalue weighted by Crippen LogP contribution is -2.36. The van der Waals surface area contributed by atoms with Crippen LogP contribution in [-0.2, 0) is 0 Å². The summed E-state index contributed by atoms with van der Waals surface area (Å²) in [6, 6.07) is 0. The topological polar surface area (TPSA) is 20.2 Å². The summed E-state index contributed by atoms with van der Waals surface area (Å²) in [4.78, 5) is 0. The van der Waals surface area contributed by atoms with Crippen molar-refractivity contribution in [3.05, 3.63) is 0 Å². The largest absolute Gasteiger partial charge is 0.393 e. The normalized spacial score (nSPS) is 34.8. The second-order valence-corrected chi connectivity index (χ2v) is 6.42. The Hall–Kier alpha value is -0.0400. The van der Waals surface area contributed by atoms with Crippen LogP contribution in [0.2, 0.25) is 0 Å². The molecule has 1 rings (SSSR count). The SMILES string of the molecule is C[C@H](C[C@@H]1[C@@H](C)CCCC1(C)C)[C@@H](C)O. The molecule has 0 aromatic heterocycles. The standard InChI is InChI=1S/C14H28O/c1-10-7-6-8-14(4,5)13(10)9-11(2)12(3)15/h10-13,15H,6-9H2,1-5H3/t10-,11+,12+,13+/m0/s1. The van der Waals surface area contributed by atoms with Gasteiger partial charge >= 0.3 is 0 Å². The summed E-state index contributed by atoms with van der Waals surface area (Å²) in [6.07, 6.45) is 5.14. The van der Waals surface area contributed by atoms with Crippen LogP contribution in [0.4, 0.5) is 0 Å². The summed E-state index contributed by atoms with van der Waals surface area (Å²) in [6.45, 7) is 11.3. The molecule has 4 atom stereocenters. The van der Waals surface area contributed by atoms with Gasteiger partial charge in [0.1, 0.15) is 0 Å². The molecular formula is C14H28O. The Morgan fingerprint density at radius 3 is 2.40 bits per heavy atom. The highest BCUT2D eigenvalue weighted by atomic mass is 16.3. The molecule has 0 unspecified atom stereocenters. The van der Waals surface area contributed by atoms with Crippen molar-refractivity contribution in [3.8, 4) is 0 Å². The van der Waals surface area contributed by atoms with Crippen molar-refractivity contribution in [3.63, 3.8) is 0 Å². The van der Waals surface area contributed by atoms with E-state index in [1.54, 1.807) is 0 Å². The van der Waals surface area contributed by atoms with Crippen molar-refractivity contribution in [2.24, 2.45) is 23.2 Å². The van der Waals surface area contributed by atoms with Crippen LogP contribution in [0.3, 0.4) is 0 Å². The van der Waals surface area contributed by atoms with E-state index < -0.39 is 0 Å². The Morgan fingerprint density at radius 1 is 1.33 bits per heavy atom. The molecule has 1 aliphatic rings. The maximum atomic E-state index is 9.61. The van der Waals surface area contributed by atoms with Gasteiger partial charge in [0.25, 0.3) is 0 Å². The highest BCUT2D eigenvalue weighted by Crippen LogP contribution is 2.46. The van der Waals surface area contributed by atoms with E-state index in [2.05, 4.69) is 27.7 Å². The van der Waals surface area contributed by atoms with Crippen molar-refractivity contribution >= 4 is 0 Å². The third kappa shape index (κ3) is 3.21. The minimum absolute atomic E-state index is 0.157. The van der Waals surface area contributed by atoms with E-state index in [0.29, 0.717) is 11.3 Å². The first-order chi connectivity index (χ1) is 6.84. The molecule has 0 aromatic rings. The number of hydrogen-bond donors (Lipinski definition) is 1. The van der Waals surface area contributed by atoms with Gasteiger partial charge in [0, 0.05) is 0 Å². The van der Waals surface area contributed by atoms with E-state index >= 15 is 0 Å². The molecular weight excluding hydrogens is 184 g/mol. The molecule has 1 saturated carbocycles. The number of aliphatic hydroxyl groups excluding tert-OH is 1. The summed E-state index contributed by atoms with van der Waals surface area (Å²) >= 11 is 0. The van der Waals surface area contributed by atoms with Crippen LogP contribution in [0.25, 0.3) is 0 Å². The van der Waals surface area contributed by atoms with Crippen LogP contribution in [0.5, 0.6) is 0 Å². The van der Waals surface area contributed by atoms with Gasteiger partial charge in [0.05, 0.1) is 6.10 Å². The minimum Gasteiger partial charge on any atom is -0.393 e. The Balaban J connectivity index is 2.63. The number of hydrogen-bond acceptors (Lipinski definition) is 1. The third-order valence-electron chi connectivity index (χ3n) is 4.62. The molecule has 0 radical (unpaired) electrons. The van der Waals surface area contributed by atoms with Gasteiger partial charge in [-0.15, -0.1) is 0 Å². The minimum atomic E-state index is -0.157. The molecule has 0 amide bonds. The second kappa shape index (κ2) is 4.86. The third-order valence-corrected chi connectivity index (χ3v) is 4.62. The van der Waals surface area contributed by atoms with Gasteiger partial charge in [-0.3, -0.25) is 0 Å². The Morgan fingerprint density at radius 2 is 1.93 bits per heavy atom. The number of aliphatic hydroxyl groups is 1. The van der Waals surface area contributed by atoms with Crippen molar-refractivity contribution in [1.29, 1.82) is 0 Å². The van der Waals surface area contributed by atoms with Gasteiger partial charge in [-0.2, -0.15) is 0 Å². The molecule has 1 fully saturated rings. The Labute approximate surface area is 95.3 Å². The van der Waals surface area contributed by atoms with Gasteiger partial charge < -0.3 is 5.11 Å². The van der Waals surface area contributed by atoms with Crippen molar-refractivity contribution < 1.29 is 5.11 Å². The fraction of sp³-hybridized carbons (Fsp3) is 1.00. The first-order valence-corrected chi connectivity index (χ1v) is 6.52. The van der Waals surface area contributed by atoms with Crippen LogP contribution in [0, 0.1) is 23.2 Å². The van der Waals surface area contributed by atoms with E-state index in [0.717, 1.165) is 11.8 Å². The zero-order valence-electron chi connectivity index (χ0n) is 11.1. The van der Waals surface area contributed by atoms with E-state index in [1.165, 1.54) is 25.7 Å². The van der Waals surface area contributed by atoms with Gasteiger partial charge in [0.15, 0.2) is 0 Å². The van der Waals surface area contributed by atoms with Gasteiger partial charge in [0.2, 0.25) is 0 Å². The molecule has 1 heteroatoms. The predicted molar refractivity (Wildman–Crippen MR) is 65.7 cm³/mol. The molecule has 15 heavy (non-hydrogen) atoms. The lowest BCUT2D eigenvalue weighted by molar-refractivity contribution is 0.0357. The Kier molecular flexibility index (Phi) is 4.22. The summed E-state index contributed by atoms with van der Waals surface area (Å²) in [5.74, 6) is 2.06. The predicted octanol–water partition coefficient (Wildman–Crippen LogP) is 3.86. The Bertz CT molecular complexity index is 196. The molecule has 0 bridgehead atoms. The second-order valence-electron chi connectivity index (χ2n) is 6.42. The molecule has 0 spiro atoms. The highest BCUT2D eigenvalue weighted by molar-refractivity contribution is 4.87. The molecule has 1 N–H and O–H groups in total. The van der Waals surface area contributed by atoms with Crippen molar-refractivity contribution in [2.75, 3.05) is 0 Å². The first kappa shape index (κ1) is 13.0. The van der Waals surface area contributed by atoms with Crippen molar-refractivity contribution in [1.82, 2.24) is 0 Å². The van der Waals surface area contributed by atoms with E-state index in [-0.39, 0.29) is 6.10 Å². The molecule has 1 nitrogen and oxygen atoms in total. The molecule has 0 saturated heterocycles. The summed E-state index contributed by atoms with van der Waals surface area (Å²) < 4.78 is 0. The van der Waals surface area contributed by atoms with Crippen LogP contribution in [-0.4, -0.2) is 11.2 Å². The quantitative estimate of drug-likeness (QED) is 0.753. The lowest BCUT2D eigenvalue weighted by atomic mass is 9.61. The van der Waals surface area contributed by atoms with Crippen molar-refractivity contribution in [2.45, 2.75) is 66.4 Å². The maximum absolute atomic E-state index is 9.61. The fourth-order valence-corrected chi connectivity index (χ4v) is 3.19. The smallest absolute Gasteiger partial charge is 0.0537 e. The van der Waals surface area contributed by atoms with E-state index in [9.17, 15) is 5.11 Å². The van der Waals surface area contributed by atoms with Crippen LogP contribution in [0.1, 0.15) is 60.3 Å². The first-order valence-electron chi connectivity index (χ1n) is 6.52. The average Bonchev–Trinajstić information content (AvgIpc) is 2.10. The van der Waals surface area contributed by atoms with Crippen LogP contribution in [0.15, 0.2) is 0 Å². The fourth-order valence-electron chi connectivity index (χ4n) is 3.19. The zero-order chi connectivity index (χ0) is 11.6. The van der Waals surface area contributed by atoms with E-state index in [1.807, 2.05) is 6.92 Å². The lowest BCUT2D eigenvalue weighted by Gasteiger charge is -2.44. The summed E-state index contributed by atoms with van der Waals surface area (Å²) in [5, 5.41) is 9.61. The molecule has 0 heterocycles. The molecule has 1 aliphatic carbocycles. The van der Waals surface area contributed by atoms with Gasteiger partial charge in [-0.1, -0.05) is 40.5 Å². The summed E-state index contributed by atoms with van der Waals surface area (Å²) in [5.41, 5.74) is 0.473. The van der Waals surface area contributed by atoms with E-state index in [4.69, 9.17) is 0 Å². The average molecular weight is 212 g/mol. The monoisotopic (exact) mass is 212 g/mol. The summed E-state index contributed by atoms with van der Waals surface area (Å²) in [7, 11) is 0. The van der Waals surface area contributed by atoms with Crippen LogP contribution >= 0.6 is 0 Å². The zero-order valence-corrected chi connectivity index (χ0v) is 11.1. The maximum Gasteiger partial charge on any atom is 0.0537 e.